The van der Waals surface area contributed by atoms with Crippen LogP contribution in [-0.4, -0.2) is 85.2 Å². The molecule has 214 valence electrons. The monoisotopic (exact) mass is 568 g/mol. The highest BCUT2D eigenvalue weighted by molar-refractivity contribution is 6.09. The maximum atomic E-state index is 13.5. The zero-order chi connectivity index (χ0) is 28.5. The lowest BCUT2D eigenvalue weighted by Gasteiger charge is -2.29. The van der Waals surface area contributed by atoms with Gasteiger partial charge in [-0.3, -0.25) is 14.3 Å². The van der Waals surface area contributed by atoms with Gasteiger partial charge in [0.05, 0.1) is 29.2 Å². The lowest BCUT2D eigenvalue weighted by atomic mass is 10.1. The van der Waals surface area contributed by atoms with Crippen molar-refractivity contribution in [1.29, 1.82) is 0 Å². The Kier molecular flexibility index (Phi) is 7.09. The fraction of sp³-hybridized carbons (Fsp3) is 0.346. The van der Waals surface area contributed by atoms with Crippen LogP contribution >= 0.6 is 0 Å². The Morgan fingerprint density at radius 1 is 1.27 bits per heavy atom. The average Bonchev–Trinajstić information content (AvgIpc) is 3.56. The zero-order valence-electron chi connectivity index (χ0n) is 21.7. The first kappa shape index (κ1) is 26.4. The van der Waals surface area contributed by atoms with Crippen LogP contribution in [0.3, 0.4) is 0 Å². The number of piperidine rings is 1. The van der Waals surface area contributed by atoms with Gasteiger partial charge in [0.25, 0.3) is 5.91 Å². The molecule has 0 saturated carbocycles. The summed E-state index contributed by atoms with van der Waals surface area (Å²) in [7, 11) is 0. The second kappa shape index (κ2) is 11.0. The zero-order valence-corrected chi connectivity index (χ0v) is 21.7. The van der Waals surface area contributed by atoms with E-state index < -0.39 is 18.6 Å². The summed E-state index contributed by atoms with van der Waals surface area (Å²) in [6.45, 7) is -1.65. The van der Waals surface area contributed by atoms with Crippen LogP contribution in [0.25, 0.3) is 16.9 Å². The number of nitrogens with zero attached hydrogens (tertiary/aromatic N) is 6. The first-order valence-electron chi connectivity index (χ1n) is 13.0. The molecule has 0 atom stereocenters. The number of ether oxygens (including phenoxy) is 2. The minimum atomic E-state index is -3.13. The van der Waals surface area contributed by atoms with Crippen LogP contribution in [0.2, 0.25) is 0 Å². The third-order valence-corrected chi connectivity index (χ3v) is 6.88. The normalized spacial score (nSPS) is 15.4. The van der Waals surface area contributed by atoms with Crippen molar-refractivity contribution in [2.24, 2.45) is 0 Å². The van der Waals surface area contributed by atoms with E-state index in [4.69, 9.17) is 9.47 Å². The minimum Gasteiger partial charge on any atom is -0.490 e. The fourth-order valence-electron chi connectivity index (χ4n) is 4.87. The van der Waals surface area contributed by atoms with Gasteiger partial charge in [0.1, 0.15) is 35.9 Å². The average molecular weight is 569 g/mol. The van der Waals surface area contributed by atoms with Gasteiger partial charge in [-0.2, -0.15) is 19.0 Å². The van der Waals surface area contributed by atoms with Crippen LogP contribution in [0.4, 0.5) is 20.2 Å². The number of fused-ring (bicyclic) bond motifs is 2. The Morgan fingerprint density at radius 2 is 2.10 bits per heavy atom. The predicted octanol–water partition coefficient (Wildman–Crippen LogP) is 2.23. The van der Waals surface area contributed by atoms with E-state index in [1.165, 1.54) is 39.9 Å². The molecule has 0 radical (unpaired) electrons. The summed E-state index contributed by atoms with van der Waals surface area (Å²) in [5.41, 5.74) is 1.34. The maximum Gasteiger partial charge on any atom is 0.387 e. The number of aliphatic hydroxyl groups is 1. The van der Waals surface area contributed by atoms with Gasteiger partial charge in [-0.1, -0.05) is 0 Å². The highest BCUT2D eigenvalue weighted by atomic mass is 19.3. The predicted molar refractivity (Wildman–Crippen MR) is 141 cm³/mol. The molecule has 2 aliphatic rings. The number of aliphatic hydroxyl groups excluding tert-OH is 1. The number of nitrogens with one attached hydrogen (secondary N) is 2. The van der Waals surface area contributed by atoms with Crippen molar-refractivity contribution in [3.63, 3.8) is 0 Å². The summed E-state index contributed by atoms with van der Waals surface area (Å²) in [5, 5.41) is 24.3. The molecule has 1 aromatic carbocycles. The Morgan fingerprint density at radius 3 is 2.90 bits per heavy atom. The van der Waals surface area contributed by atoms with Crippen LogP contribution in [-0.2, 0) is 11.3 Å². The standard InChI is InChI=1S/C26H26F2N8O5/c27-26(28)41-20-11-18-21(40-9-5-29-18)10-16(20)23-19(32-25(39)17-12-31-36-6-1-4-30-24(17)36)13-35(33-23)14-22(38)34-7-2-15(37)3-8-34/h1,4,6,10-13,15,26,29,37H,2-3,5,7-9,14H2,(H,32,39). The number of hydrogen-bond acceptors (Lipinski definition) is 9. The molecule has 0 bridgehead atoms. The number of anilines is 2. The van der Waals surface area contributed by atoms with Crippen molar-refractivity contribution in [3.8, 4) is 22.8 Å². The van der Waals surface area contributed by atoms with E-state index in [0.29, 0.717) is 56.2 Å². The molecule has 13 nitrogen and oxygen atoms in total. The van der Waals surface area contributed by atoms with Crippen LogP contribution in [0.5, 0.6) is 11.5 Å². The Balaban J connectivity index is 1.38. The molecule has 0 aliphatic carbocycles. The summed E-state index contributed by atoms with van der Waals surface area (Å²) in [6, 6.07) is 4.56. The summed E-state index contributed by atoms with van der Waals surface area (Å²) < 4.78 is 40.2. The number of amides is 2. The molecule has 2 amide bonds. The lowest BCUT2D eigenvalue weighted by molar-refractivity contribution is -0.134. The number of likely N-dealkylation sites (tertiary alicyclic amines) is 1. The largest absolute Gasteiger partial charge is 0.490 e. The molecule has 0 unspecified atom stereocenters. The molecule has 3 aromatic heterocycles. The van der Waals surface area contributed by atoms with E-state index in [0.717, 1.165) is 0 Å². The molecule has 1 fully saturated rings. The number of carbonyl (C=O) groups excluding carboxylic acids is 2. The van der Waals surface area contributed by atoms with Gasteiger partial charge in [0.15, 0.2) is 5.65 Å². The number of benzene rings is 1. The van der Waals surface area contributed by atoms with Gasteiger partial charge < -0.3 is 30.1 Å². The van der Waals surface area contributed by atoms with Gasteiger partial charge in [-0.25, -0.2) is 9.50 Å². The number of aromatic nitrogens is 5. The van der Waals surface area contributed by atoms with Crippen LogP contribution in [0.1, 0.15) is 23.2 Å². The highest BCUT2D eigenvalue weighted by Gasteiger charge is 2.26. The first-order valence-corrected chi connectivity index (χ1v) is 13.0. The van der Waals surface area contributed by atoms with Gasteiger partial charge in [0.2, 0.25) is 5.91 Å². The van der Waals surface area contributed by atoms with E-state index in [1.807, 2.05) is 0 Å². The number of carbonyl (C=O) groups is 2. The summed E-state index contributed by atoms with van der Waals surface area (Å²) in [4.78, 5) is 32.2. The molecule has 15 heteroatoms. The molecule has 41 heavy (non-hydrogen) atoms. The smallest absolute Gasteiger partial charge is 0.387 e. The van der Waals surface area contributed by atoms with Crippen molar-refractivity contribution >= 4 is 28.8 Å². The number of halogens is 2. The molecule has 5 heterocycles. The molecular weight excluding hydrogens is 542 g/mol. The molecule has 0 spiro atoms. The molecule has 1 saturated heterocycles. The third-order valence-electron chi connectivity index (χ3n) is 6.88. The van der Waals surface area contributed by atoms with E-state index in [-0.39, 0.29) is 40.7 Å². The Hall–Kier alpha value is -4.79. The molecule has 4 aromatic rings. The van der Waals surface area contributed by atoms with E-state index in [2.05, 4.69) is 25.8 Å². The Labute approximate surface area is 231 Å². The fourth-order valence-corrected chi connectivity index (χ4v) is 4.87. The summed E-state index contributed by atoms with van der Waals surface area (Å²) >= 11 is 0. The topological polar surface area (TPSA) is 148 Å². The molecule has 2 aliphatic heterocycles. The molecule has 6 rings (SSSR count). The van der Waals surface area contributed by atoms with Crippen molar-refractivity contribution < 1.29 is 33.0 Å². The van der Waals surface area contributed by atoms with Crippen molar-refractivity contribution in [1.82, 2.24) is 29.3 Å². The third kappa shape index (κ3) is 5.48. The van der Waals surface area contributed by atoms with E-state index in [9.17, 15) is 23.5 Å². The van der Waals surface area contributed by atoms with Gasteiger partial charge in [0, 0.05) is 44.3 Å². The van der Waals surface area contributed by atoms with Crippen molar-refractivity contribution in [2.75, 3.05) is 36.9 Å². The first-order chi connectivity index (χ1) is 19.9. The van der Waals surface area contributed by atoms with Crippen LogP contribution < -0.4 is 20.1 Å². The highest BCUT2D eigenvalue weighted by Crippen LogP contribution is 2.42. The maximum absolute atomic E-state index is 13.5. The molecule has 3 N–H and O–H groups in total. The van der Waals surface area contributed by atoms with Gasteiger partial charge in [-0.05, 0) is 25.0 Å². The Bertz CT molecular complexity index is 1600. The van der Waals surface area contributed by atoms with Crippen LogP contribution in [0.15, 0.2) is 43.0 Å². The minimum absolute atomic E-state index is 0.0947. The summed E-state index contributed by atoms with van der Waals surface area (Å²) in [6.07, 6.45) is 6.49. The number of alkyl halides is 2. The van der Waals surface area contributed by atoms with Gasteiger partial charge >= 0.3 is 6.61 Å². The SMILES string of the molecule is O=C(Nc1cn(CC(=O)N2CCC(O)CC2)nc1-c1cc2c(cc1OC(F)F)NCCO2)c1cnn2cccnc12. The van der Waals surface area contributed by atoms with Crippen molar-refractivity contribution in [2.45, 2.75) is 32.1 Å². The van der Waals surface area contributed by atoms with Crippen LogP contribution in [0, 0.1) is 0 Å². The molecular formula is C26H26F2N8O5. The lowest BCUT2D eigenvalue weighted by Crippen LogP contribution is -2.41. The van der Waals surface area contributed by atoms with E-state index >= 15 is 0 Å². The summed E-state index contributed by atoms with van der Waals surface area (Å²) in [5.74, 6) is -0.596. The quantitative estimate of drug-likeness (QED) is 0.305. The van der Waals surface area contributed by atoms with E-state index in [1.54, 1.807) is 17.2 Å². The van der Waals surface area contributed by atoms with Gasteiger partial charge in [-0.15, -0.1) is 0 Å². The number of rotatable bonds is 7. The second-order valence-corrected chi connectivity index (χ2v) is 9.60. The number of hydrogen-bond donors (Lipinski definition) is 3. The second-order valence-electron chi connectivity index (χ2n) is 9.60. The van der Waals surface area contributed by atoms with Crippen molar-refractivity contribution in [3.05, 3.63) is 48.5 Å².